The number of hydrogen-bond donors (Lipinski definition) is 5. The van der Waals surface area contributed by atoms with Gasteiger partial charge >= 0.3 is 0 Å². The second-order valence-corrected chi connectivity index (χ2v) is 11.8. The van der Waals surface area contributed by atoms with Crippen LogP contribution in [0.1, 0.15) is 74.0 Å². The van der Waals surface area contributed by atoms with E-state index in [9.17, 15) is 39.6 Å². The number of aromatic hydroxyl groups is 1. The lowest BCUT2D eigenvalue weighted by Gasteiger charge is -2.59. The number of phenolic OH excluding ortho intramolecular Hbond substituents is 1. The molecule has 10 nitrogen and oxygen atoms in total. The number of rotatable bonds is 4. The molecule has 6 N–H and O–H groups in total. The minimum atomic E-state index is -2.78. The summed E-state index contributed by atoms with van der Waals surface area (Å²) in [5.74, 6) is -5.82. The van der Waals surface area contributed by atoms with Gasteiger partial charge in [0.05, 0.1) is 11.6 Å². The van der Waals surface area contributed by atoms with Crippen LogP contribution in [0.4, 0.5) is 0 Å². The van der Waals surface area contributed by atoms with Gasteiger partial charge in [-0.25, -0.2) is 0 Å². The summed E-state index contributed by atoms with van der Waals surface area (Å²) < 4.78 is 0. The van der Waals surface area contributed by atoms with Gasteiger partial charge in [-0.2, -0.15) is 0 Å². The first-order valence-electron chi connectivity index (χ1n) is 12.4. The first-order chi connectivity index (χ1) is 17.4. The van der Waals surface area contributed by atoms with E-state index in [0.29, 0.717) is 11.1 Å². The van der Waals surface area contributed by atoms with Crippen LogP contribution < -0.4 is 5.73 Å². The molecule has 1 aromatic carbocycles. The highest BCUT2D eigenvalue weighted by molar-refractivity contribution is 6.25. The number of primary amides is 1. The summed E-state index contributed by atoms with van der Waals surface area (Å²) in [6.07, 6.45) is -0.0721. The van der Waals surface area contributed by atoms with E-state index in [1.54, 1.807) is 40.9 Å². The van der Waals surface area contributed by atoms with Crippen molar-refractivity contribution in [1.82, 2.24) is 4.90 Å². The van der Waals surface area contributed by atoms with E-state index in [2.05, 4.69) is 0 Å². The van der Waals surface area contributed by atoms with Gasteiger partial charge in [0.15, 0.2) is 17.2 Å². The molecule has 0 unspecified atom stereocenters. The van der Waals surface area contributed by atoms with Gasteiger partial charge in [-0.3, -0.25) is 24.1 Å². The Morgan fingerprint density at radius 1 is 1.13 bits per heavy atom. The van der Waals surface area contributed by atoms with E-state index in [1.807, 2.05) is 0 Å². The van der Waals surface area contributed by atoms with Gasteiger partial charge in [-0.05, 0) is 57.0 Å². The number of aliphatic hydroxyl groups is 3. The van der Waals surface area contributed by atoms with Crippen molar-refractivity contribution in [2.75, 3.05) is 14.1 Å². The average molecular weight is 527 g/mol. The molecule has 0 aliphatic heterocycles. The normalized spacial score (nSPS) is 30.9. The summed E-state index contributed by atoms with van der Waals surface area (Å²) >= 11 is 0. The molecule has 0 radical (unpaired) electrons. The molecular weight excluding hydrogens is 492 g/mol. The number of nitrogens with two attached hydrogens (primary N) is 1. The molecule has 4 atom stereocenters. The fraction of sp³-hybridized carbons (Fsp3) is 0.500. The summed E-state index contributed by atoms with van der Waals surface area (Å²) in [6, 6.07) is 0.354. The number of aliphatic hydroxyl groups excluding tert-OH is 2. The standard InChI is InChI=1S/C28H34N2O8/c1-11(2)13-8-14(12(3)31)15-9-26(4)10-27(5)22(30(6)7)21(34)17(25(29)37)23(35)28(27,38)24(36)18(26)20(33)16(15)19(13)32/h8,11,22,32-33,35,38H,9-10H2,1-7H3,(H2,29,37)/t22-,26+,27+,28-/m1/s1. The topological polar surface area (TPSA) is 178 Å². The highest BCUT2D eigenvalue weighted by Gasteiger charge is 2.72. The molecule has 3 aliphatic carbocycles. The van der Waals surface area contributed by atoms with Gasteiger partial charge in [0.25, 0.3) is 5.91 Å². The van der Waals surface area contributed by atoms with E-state index >= 15 is 0 Å². The van der Waals surface area contributed by atoms with Crippen LogP contribution in [0.15, 0.2) is 23.0 Å². The van der Waals surface area contributed by atoms with Crippen LogP contribution in [0, 0.1) is 10.8 Å². The second kappa shape index (κ2) is 8.25. The Morgan fingerprint density at radius 3 is 2.18 bits per heavy atom. The predicted octanol–water partition coefficient (Wildman–Crippen LogP) is 2.07. The average Bonchev–Trinajstić information content (AvgIpc) is 2.75. The first-order valence-corrected chi connectivity index (χ1v) is 12.4. The van der Waals surface area contributed by atoms with Gasteiger partial charge < -0.3 is 26.2 Å². The highest BCUT2D eigenvalue weighted by Crippen LogP contribution is 2.63. The van der Waals surface area contributed by atoms with Crippen LogP contribution >= 0.6 is 0 Å². The maximum absolute atomic E-state index is 14.3. The summed E-state index contributed by atoms with van der Waals surface area (Å²) in [5, 5.41) is 45.9. The smallest absolute Gasteiger partial charge is 0.255 e. The van der Waals surface area contributed by atoms with Crippen molar-refractivity contribution in [3.8, 4) is 5.75 Å². The fourth-order valence-electron chi connectivity index (χ4n) is 7.17. The van der Waals surface area contributed by atoms with Crippen molar-refractivity contribution >= 4 is 29.0 Å². The molecule has 1 fully saturated rings. The number of likely N-dealkylation sites (N-methyl/N-ethyl adjacent to an activating group) is 1. The van der Waals surface area contributed by atoms with Crippen molar-refractivity contribution in [1.29, 1.82) is 0 Å². The largest absolute Gasteiger partial charge is 0.508 e. The van der Waals surface area contributed by atoms with E-state index in [1.165, 1.54) is 18.7 Å². The Morgan fingerprint density at radius 2 is 1.71 bits per heavy atom. The second-order valence-electron chi connectivity index (χ2n) is 11.8. The van der Waals surface area contributed by atoms with Crippen molar-refractivity contribution in [3.63, 3.8) is 0 Å². The van der Waals surface area contributed by atoms with Crippen molar-refractivity contribution < 1.29 is 39.6 Å². The van der Waals surface area contributed by atoms with Crippen molar-refractivity contribution in [2.24, 2.45) is 16.6 Å². The first kappa shape index (κ1) is 27.5. The monoisotopic (exact) mass is 526 g/mol. The molecule has 0 aromatic heterocycles. The molecule has 0 heterocycles. The Kier molecular flexibility index (Phi) is 5.98. The van der Waals surface area contributed by atoms with Crippen LogP contribution in [0.3, 0.4) is 0 Å². The fourth-order valence-corrected chi connectivity index (χ4v) is 7.17. The molecule has 204 valence electrons. The van der Waals surface area contributed by atoms with Crippen molar-refractivity contribution in [3.05, 3.63) is 45.2 Å². The number of ketones is 3. The number of hydrogen-bond acceptors (Lipinski definition) is 9. The van der Waals surface area contributed by atoms with Crippen LogP contribution in [0.25, 0.3) is 5.76 Å². The summed E-state index contributed by atoms with van der Waals surface area (Å²) in [7, 11) is 3.08. The number of Topliss-reactive ketones (excluding diaryl/α,β-unsaturated/α-hetero) is 3. The van der Waals surface area contributed by atoms with Crippen LogP contribution in [0.5, 0.6) is 5.75 Å². The Balaban J connectivity index is 2.13. The summed E-state index contributed by atoms with van der Waals surface area (Å²) in [5.41, 5.74) is -0.460. The maximum Gasteiger partial charge on any atom is 0.255 e. The van der Waals surface area contributed by atoms with Gasteiger partial charge in [0, 0.05) is 22.0 Å². The van der Waals surface area contributed by atoms with Crippen LogP contribution in [0.2, 0.25) is 0 Å². The van der Waals surface area contributed by atoms with E-state index in [4.69, 9.17) is 5.73 Å². The highest BCUT2D eigenvalue weighted by atomic mass is 16.3. The Bertz CT molecular complexity index is 1400. The Labute approximate surface area is 220 Å². The third-order valence-corrected chi connectivity index (χ3v) is 8.66. The number of amides is 1. The zero-order valence-electron chi connectivity index (χ0n) is 22.6. The van der Waals surface area contributed by atoms with Gasteiger partial charge in [-0.1, -0.05) is 27.7 Å². The molecule has 0 bridgehead atoms. The lowest BCUT2D eigenvalue weighted by molar-refractivity contribution is -0.176. The zero-order chi connectivity index (χ0) is 28.9. The number of benzene rings is 1. The predicted molar refractivity (Wildman–Crippen MR) is 138 cm³/mol. The minimum Gasteiger partial charge on any atom is -0.508 e. The molecular formula is C28H34N2O8. The van der Waals surface area contributed by atoms with E-state index in [0.717, 1.165) is 0 Å². The third kappa shape index (κ3) is 3.19. The van der Waals surface area contributed by atoms with E-state index < -0.39 is 57.0 Å². The molecule has 0 spiro atoms. The number of nitrogens with zero attached hydrogens (tertiary/aromatic N) is 1. The maximum atomic E-state index is 14.3. The van der Waals surface area contributed by atoms with Crippen molar-refractivity contribution in [2.45, 2.75) is 65.0 Å². The van der Waals surface area contributed by atoms with E-state index in [-0.39, 0.29) is 47.0 Å². The molecule has 0 saturated heterocycles. The van der Waals surface area contributed by atoms with Gasteiger partial charge in [0.1, 0.15) is 22.8 Å². The quantitative estimate of drug-likeness (QED) is 0.290. The number of carbonyl (C=O) groups is 4. The third-order valence-electron chi connectivity index (χ3n) is 8.66. The number of carbonyl (C=O) groups excluding carboxylic acids is 4. The summed E-state index contributed by atoms with van der Waals surface area (Å²) in [4.78, 5) is 54.0. The van der Waals surface area contributed by atoms with Crippen LogP contribution in [-0.4, -0.2) is 74.3 Å². The number of phenols is 1. The van der Waals surface area contributed by atoms with Crippen LogP contribution in [-0.2, 0) is 20.8 Å². The SMILES string of the molecule is CC(=O)c1cc(C(C)C)c(O)c2c1C[C@@]1(C)C[C@@]3(C)[C@H](N(C)C)C(=O)C(C(N)=O)=C(O)[C@@]3(O)C(=O)C1=C2O. The van der Waals surface area contributed by atoms with Gasteiger partial charge in [0.2, 0.25) is 5.78 Å². The number of fused-ring (bicyclic) bond motifs is 3. The minimum absolute atomic E-state index is 0.0292. The summed E-state index contributed by atoms with van der Waals surface area (Å²) in [6.45, 7) is 8.12. The zero-order valence-corrected chi connectivity index (χ0v) is 22.6. The molecule has 1 aromatic rings. The molecule has 10 heteroatoms. The molecule has 1 saturated carbocycles. The van der Waals surface area contributed by atoms with Gasteiger partial charge in [-0.15, -0.1) is 0 Å². The molecule has 38 heavy (non-hydrogen) atoms. The lowest BCUT2D eigenvalue weighted by atomic mass is 9.46. The molecule has 3 aliphatic rings. The Hall–Kier alpha value is -3.50. The molecule has 4 rings (SSSR count). The molecule has 1 amide bonds. The lowest BCUT2D eigenvalue weighted by Crippen LogP contribution is -2.72.